The number of carbonyl (C=O) groups is 2. The van der Waals surface area contributed by atoms with E-state index in [2.05, 4.69) is 5.32 Å². The van der Waals surface area contributed by atoms with Crippen molar-refractivity contribution in [2.24, 2.45) is 0 Å². The van der Waals surface area contributed by atoms with Crippen molar-refractivity contribution in [3.8, 4) is 5.75 Å². The Labute approximate surface area is 103 Å². The van der Waals surface area contributed by atoms with Crippen LogP contribution in [-0.4, -0.2) is 29.1 Å². The van der Waals surface area contributed by atoms with Gasteiger partial charge in [0.15, 0.2) is 6.10 Å². The fourth-order valence-corrected chi connectivity index (χ4v) is 1.80. The van der Waals surface area contributed by atoms with Gasteiger partial charge in [-0.05, 0) is 20.8 Å². The topological polar surface area (TPSA) is 75.6 Å². The lowest BCUT2D eigenvalue weighted by Crippen LogP contribution is -2.39. The molecule has 94 valence electrons. The average molecular weight is 257 g/mol. The third-order valence-electron chi connectivity index (χ3n) is 1.90. The van der Waals surface area contributed by atoms with Gasteiger partial charge in [0.25, 0.3) is 5.91 Å². The molecule has 1 aromatic rings. The van der Waals surface area contributed by atoms with Gasteiger partial charge in [-0.3, -0.25) is 4.79 Å². The van der Waals surface area contributed by atoms with Crippen molar-refractivity contribution in [2.45, 2.75) is 32.9 Å². The first kappa shape index (κ1) is 13.5. The summed E-state index contributed by atoms with van der Waals surface area (Å²) in [4.78, 5) is 22.4. The summed E-state index contributed by atoms with van der Waals surface area (Å²) in [6, 6.07) is 1.46. The second-order valence-electron chi connectivity index (χ2n) is 3.88. The lowest BCUT2D eigenvalue weighted by atomic mass is 10.3. The largest absolute Gasteiger partial charge is 0.480 e. The van der Waals surface area contributed by atoms with Crippen LogP contribution in [0.2, 0.25) is 0 Å². The first-order valence-corrected chi connectivity index (χ1v) is 6.07. The Kier molecular flexibility index (Phi) is 4.51. The Balaban J connectivity index is 2.58. The van der Waals surface area contributed by atoms with Gasteiger partial charge >= 0.3 is 5.97 Å². The molecular weight excluding hydrogens is 242 g/mol. The number of amides is 1. The fraction of sp³-hybridized carbons (Fsp3) is 0.455. The molecule has 0 aliphatic carbocycles. The van der Waals surface area contributed by atoms with Crippen LogP contribution in [0, 0.1) is 0 Å². The van der Waals surface area contributed by atoms with Crippen LogP contribution in [0.3, 0.4) is 0 Å². The molecule has 0 aliphatic rings. The van der Waals surface area contributed by atoms with E-state index in [9.17, 15) is 9.59 Å². The van der Waals surface area contributed by atoms with Gasteiger partial charge in [0.1, 0.15) is 10.6 Å². The molecule has 1 rings (SSSR count). The summed E-state index contributed by atoms with van der Waals surface area (Å²) in [5, 5.41) is 13.0. The summed E-state index contributed by atoms with van der Waals surface area (Å²) in [5.74, 6) is -0.814. The van der Waals surface area contributed by atoms with Crippen molar-refractivity contribution in [3.05, 3.63) is 16.3 Å². The van der Waals surface area contributed by atoms with Crippen molar-refractivity contribution >= 4 is 23.2 Å². The summed E-state index contributed by atoms with van der Waals surface area (Å²) >= 11 is 1.07. The van der Waals surface area contributed by atoms with Crippen molar-refractivity contribution in [1.82, 2.24) is 5.32 Å². The first-order chi connectivity index (χ1) is 7.90. The monoisotopic (exact) mass is 257 g/mol. The van der Waals surface area contributed by atoms with Gasteiger partial charge in [0.05, 0.1) is 0 Å². The third kappa shape index (κ3) is 4.07. The predicted octanol–water partition coefficient (Wildman–Crippen LogP) is 1.74. The number of rotatable bonds is 5. The second-order valence-corrected chi connectivity index (χ2v) is 4.79. The number of ether oxygens (including phenoxy) is 1. The van der Waals surface area contributed by atoms with E-state index < -0.39 is 12.1 Å². The van der Waals surface area contributed by atoms with E-state index in [-0.39, 0.29) is 16.8 Å². The van der Waals surface area contributed by atoms with Crippen LogP contribution in [0.5, 0.6) is 5.75 Å². The number of aromatic carboxylic acids is 1. The number of carbonyl (C=O) groups excluding carboxylic acids is 1. The van der Waals surface area contributed by atoms with Gasteiger partial charge in [-0.25, -0.2) is 4.79 Å². The van der Waals surface area contributed by atoms with Crippen LogP contribution in [0.1, 0.15) is 30.4 Å². The van der Waals surface area contributed by atoms with Crippen LogP contribution in [0.4, 0.5) is 0 Å². The maximum Gasteiger partial charge on any atom is 0.346 e. The minimum Gasteiger partial charge on any atom is -0.480 e. The van der Waals surface area contributed by atoms with Gasteiger partial charge in [-0.1, -0.05) is 0 Å². The van der Waals surface area contributed by atoms with Crippen LogP contribution in [-0.2, 0) is 4.79 Å². The summed E-state index contributed by atoms with van der Waals surface area (Å²) < 4.78 is 5.34. The molecule has 1 aromatic heterocycles. The van der Waals surface area contributed by atoms with E-state index in [1.54, 1.807) is 12.3 Å². The zero-order valence-electron chi connectivity index (χ0n) is 9.89. The van der Waals surface area contributed by atoms with E-state index in [1.165, 1.54) is 6.07 Å². The van der Waals surface area contributed by atoms with E-state index in [0.717, 1.165) is 11.3 Å². The molecule has 5 nitrogen and oxygen atoms in total. The Morgan fingerprint density at radius 3 is 2.53 bits per heavy atom. The predicted molar refractivity (Wildman–Crippen MR) is 64.6 cm³/mol. The van der Waals surface area contributed by atoms with Gasteiger partial charge in [0.2, 0.25) is 0 Å². The lowest BCUT2D eigenvalue weighted by Gasteiger charge is -2.15. The van der Waals surface area contributed by atoms with E-state index in [4.69, 9.17) is 9.84 Å². The van der Waals surface area contributed by atoms with Crippen LogP contribution in [0.25, 0.3) is 0 Å². The summed E-state index contributed by atoms with van der Waals surface area (Å²) in [6.45, 7) is 5.34. The standard InChI is InChI=1S/C11H15NO4S/c1-6(2)12-10(13)7(3)16-8-4-9(11(14)15)17-5-8/h4-7H,1-3H3,(H,12,13)(H,14,15). The van der Waals surface area contributed by atoms with Crippen LogP contribution in [0.15, 0.2) is 11.4 Å². The molecule has 0 saturated carbocycles. The third-order valence-corrected chi connectivity index (χ3v) is 2.80. The van der Waals surface area contributed by atoms with Crippen molar-refractivity contribution in [1.29, 1.82) is 0 Å². The molecule has 1 amide bonds. The number of carboxylic acid groups (broad SMARTS) is 1. The summed E-state index contributed by atoms with van der Waals surface area (Å²) in [5.41, 5.74) is 0. The zero-order chi connectivity index (χ0) is 13.0. The Hall–Kier alpha value is -1.56. The average Bonchev–Trinajstić information content (AvgIpc) is 2.65. The second kappa shape index (κ2) is 5.67. The molecule has 1 heterocycles. The van der Waals surface area contributed by atoms with Crippen LogP contribution >= 0.6 is 11.3 Å². The molecule has 0 spiro atoms. The van der Waals surface area contributed by atoms with Crippen LogP contribution < -0.4 is 10.1 Å². The molecule has 0 saturated heterocycles. The summed E-state index contributed by atoms with van der Waals surface area (Å²) in [6.07, 6.45) is -0.645. The molecule has 0 fully saturated rings. The molecule has 1 atom stereocenters. The SMILES string of the molecule is CC(C)NC(=O)C(C)Oc1csc(C(=O)O)c1. The Bertz CT molecular complexity index is 413. The normalized spacial score (nSPS) is 12.2. The minimum absolute atomic E-state index is 0.0469. The molecular formula is C11H15NO4S. The van der Waals surface area contributed by atoms with E-state index in [0.29, 0.717) is 5.75 Å². The van der Waals surface area contributed by atoms with Crippen molar-refractivity contribution in [2.75, 3.05) is 0 Å². The molecule has 17 heavy (non-hydrogen) atoms. The molecule has 0 bridgehead atoms. The number of nitrogens with one attached hydrogen (secondary N) is 1. The molecule has 0 aliphatic heterocycles. The van der Waals surface area contributed by atoms with Gasteiger partial charge in [-0.15, -0.1) is 11.3 Å². The lowest BCUT2D eigenvalue weighted by molar-refractivity contribution is -0.127. The van der Waals surface area contributed by atoms with E-state index in [1.807, 2.05) is 13.8 Å². The highest BCUT2D eigenvalue weighted by Crippen LogP contribution is 2.22. The minimum atomic E-state index is -0.996. The van der Waals surface area contributed by atoms with Crippen molar-refractivity contribution < 1.29 is 19.4 Å². The molecule has 0 aromatic carbocycles. The number of carboxylic acids is 1. The first-order valence-electron chi connectivity index (χ1n) is 5.19. The maximum absolute atomic E-state index is 11.5. The highest BCUT2D eigenvalue weighted by Gasteiger charge is 2.16. The van der Waals surface area contributed by atoms with Gasteiger partial charge < -0.3 is 15.2 Å². The highest BCUT2D eigenvalue weighted by atomic mass is 32.1. The maximum atomic E-state index is 11.5. The van der Waals surface area contributed by atoms with Crippen molar-refractivity contribution in [3.63, 3.8) is 0 Å². The smallest absolute Gasteiger partial charge is 0.346 e. The number of hydrogen-bond donors (Lipinski definition) is 2. The van der Waals surface area contributed by atoms with Gasteiger partial charge in [0, 0.05) is 17.5 Å². The molecule has 6 heteroatoms. The summed E-state index contributed by atoms with van der Waals surface area (Å²) in [7, 11) is 0. The molecule has 1 unspecified atom stereocenters. The molecule has 2 N–H and O–H groups in total. The quantitative estimate of drug-likeness (QED) is 0.842. The Morgan fingerprint density at radius 1 is 1.41 bits per heavy atom. The van der Waals surface area contributed by atoms with E-state index >= 15 is 0 Å². The zero-order valence-corrected chi connectivity index (χ0v) is 10.7. The number of thiophene rings is 1. The van der Waals surface area contributed by atoms with Gasteiger partial charge in [-0.2, -0.15) is 0 Å². The fourth-order valence-electron chi connectivity index (χ4n) is 1.15. The number of hydrogen-bond acceptors (Lipinski definition) is 4. The Morgan fingerprint density at radius 2 is 2.06 bits per heavy atom. The molecule has 0 radical (unpaired) electrons. The highest BCUT2D eigenvalue weighted by molar-refractivity contribution is 7.12.